The number of carbonyl (C=O) groups is 1. The lowest BCUT2D eigenvalue weighted by Gasteiger charge is -2.06. The molecule has 0 atom stereocenters. The highest BCUT2D eigenvalue weighted by atomic mass is 16.4. The van der Waals surface area contributed by atoms with Crippen LogP contribution in [0.1, 0.15) is 47.5 Å². The average molecular weight is 198 g/mol. The van der Waals surface area contributed by atoms with Crippen LogP contribution in [-0.4, -0.2) is 11.1 Å². The van der Waals surface area contributed by atoms with E-state index in [-0.39, 0.29) is 0 Å². The molecule has 2 heteroatoms. The minimum Gasteiger partial charge on any atom is -0.478 e. The predicted octanol–water partition coefficient (Wildman–Crippen LogP) is 3.79. The van der Waals surface area contributed by atoms with Gasteiger partial charge in [0.05, 0.1) is 0 Å². The minimum absolute atomic E-state index is 0.519. The highest BCUT2D eigenvalue weighted by Gasteiger charge is 2.08. The first-order valence-electron chi connectivity index (χ1n) is 5.30. The van der Waals surface area contributed by atoms with Gasteiger partial charge in [0, 0.05) is 5.57 Å². The Morgan fingerprint density at radius 2 is 1.64 bits per heavy atom. The second kappa shape index (κ2) is 10.0. The fraction of sp³-hybridized carbons (Fsp3) is 0.583. The van der Waals surface area contributed by atoms with Crippen LogP contribution in [0, 0.1) is 0 Å². The van der Waals surface area contributed by atoms with Crippen LogP contribution in [0.15, 0.2) is 23.3 Å². The van der Waals surface area contributed by atoms with E-state index in [2.05, 4.69) is 0 Å². The Bertz CT molecular complexity index is 212. The summed E-state index contributed by atoms with van der Waals surface area (Å²) in [7, 11) is 0. The molecule has 0 radical (unpaired) electrons. The molecule has 14 heavy (non-hydrogen) atoms. The van der Waals surface area contributed by atoms with Crippen LogP contribution in [0.2, 0.25) is 0 Å². The maximum Gasteiger partial charge on any atom is 0.331 e. The lowest BCUT2D eigenvalue weighted by molar-refractivity contribution is -0.132. The Morgan fingerprint density at radius 3 is 1.93 bits per heavy atom. The highest BCUT2D eigenvalue weighted by Crippen LogP contribution is 2.17. The van der Waals surface area contributed by atoms with Gasteiger partial charge in [-0.3, -0.25) is 0 Å². The third-order valence-corrected chi connectivity index (χ3v) is 1.63. The van der Waals surface area contributed by atoms with E-state index in [0.29, 0.717) is 12.0 Å². The molecule has 0 saturated heterocycles. The van der Waals surface area contributed by atoms with E-state index in [1.807, 2.05) is 40.7 Å². The van der Waals surface area contributed by atoms with Gasteiger partial charge in [-0.1, -0.05) is 45.4 Å². The van der Waals surface area contributed by atoms with Crippen molar-refractivity contribution in [2.75, 3.05) is 0 Å². The molecule has 82 valence electrons. The van der Waals surface area contributed by atoms with Crippen LogP contribution in [0.4, 0.5) is 0 Å². The molecule has 0 bridgehead atoms. The van der Waals surface area contributed by atoms with Crippen LogP contribution >= 0.6 is 0 Å². The monoisotopic (exact) mass is 198 g/mol. The van der Waals surface area contributed by atoms with Gasteiger partial charge in [-0.25, -0.2) is 4.79 Å². The van der Waals surface area contributed by atoms with E-state index < -0.39 is 5.97 Å². The zero-order valence-electron chi connectivity index (χ0n) is 9.92. The summed E-state index contributed by atoms with van der Waals surface area (Å²) >= 11 is 0. The summed E-state index contributed by atoms with van der Waals surface area (Å²) in [6.45, 7) is 10.0. The summed E-state index contributed by atoms with van der Waals surface area (Å²) in [4.78, 5) is 10.4. The summed E-state index contributed by atoms with van der Waals surface area (Å²) < 4.78 is 0. The second-order valence-corrected chi connectivity index (χ2v) is 2.51. The number of carboxylic acids is 1. The van der Waals surface area contributed by atoms with E-state index in [0.717, 1.165) is 6.42 Å². The summed E-state index contributed by atoms with van der Waals surface area (Å²) in [5.41, 5.74) is 1.77. The van der Waals surface area contributed by atoms with Crippen LogP contribution in [0.5, 0.6) is 0 Å². The van der Waals surface area contributed by atoms with Crippen molar-refractivity contribution in [1.82, 2.24) is 0 Å². The normalized spacial score (nSPS) is 13.5. The predicted molar refractivity (Wildman–Crippen MR) is 61.4 cm³/mol. The quantitative estimate of drug-likeness (QED) is 0.696. The number of rotatable bonds is 1. The largest absolute Gasteiger partial charge is 0.478 e. The number of hydrogen-bond donors (Lipinski definition) is 1. The first-order chi connectivity index (χ1) is 6.70. The van der Waals surface area contributed by atoms with Gasteiger partial charge >= 0.3 is 5.97 Å². The van der Waals surface area contributed by atoms with Crippen LogP contribution < -0.4 is 0 Å². The van der Waals surface area contributed by atoms with Crippen molar-refractivity contribution in [2.24, 2.45) is 0 Å². The topological polar surface area (TPSA) is 37.3 Å². The Labute approximate surface area is 87.3 Å². The van der Waals surface area contributed by atoms with Crippen molar-refractivity contribution < 1.29 is 9.90 Å². The fourth-order valence-corrected chi connectivity index (χ4v) is 0.920. The van der Waals surface area contributed by atoms with Gasteiger partial charge in [-0.2, -0.15) is 0 Å². The summed E-state index contributed by atoms with van der Waals surface area (Å²) in [6.07, 6.45) is 5.11. The zero-order valence-corrected chi connectivity index (χ0v) is 9.92. The van der Waals surface area contributed by atoms with Crippen molar-refractivity contribution in [1.29, 1.82) is 0 Å². The molecule has 0 aromatic heterocycles. The van der Waals surface area contributed by atoms with Gasteiger partial charge in [0.1, 0.15) is 0 Å². The van der Waals surface area contributed by atoms with Gasteiger partial charge in [0.15, 0.2) is 0 Å². The molecule has 1 rings (SSSR count). The van der Waals surface area contributed by atoms with E-state index >= 15 is 0 Å². The molecule has 0 spiro atoms. The second-order valence-electron chi connectivity index (χ2n) is 2.51. The Morgan fingerprint density at radius 1 is 1.14 bits per heavy atom. The molecular weight excluding hydrogens is 176 g/mol. The maximum absolute atomic E-state index is 10.4. The van der Waals surface area contributed by atoms with Crippen molar-refractivity contribution >= 4 is 5.97 Å². The van der Waals surface area contributed by atoms with E-state index in [4.69, 9.17) is 5.11 Å². The lowest BCUT2D eigenvalue weighted by atomic mass is 10.00. The number of aliphatic carboxylic acids is 1. The summed E-state index contributed by atoms with van der Waals surface area (Å²) in [5.74, 6) is -0.788. The first-order valence-corrected chi connectivity index (χ1v) is 5.30. The summed E-state index contributed by atoms with van der Waals surface area (Å²) in [6, 6.07) is 0. The van der Waals surface area contributed by atoms with Crippen molar-refractivity contribution in [3.8, 4) is 0 Å². The maximum atomic E-state index is 10.4. The third-order valence-electron chi connectivity index (χ3n) is 1.63. The van der Waals surface area contributed by atoms with Gasteiger partial charge in [0.2, 0.25) is 0 Å². The van der Waals surface area contributed by atoms with Gasteiger partial charge in [0.25, 0.3) is 0 Å². The van der Waals surface area contributed by atoms with Crippen LogP contribution in [0.25, 0.3) is 0 Å². The molecule has 0 aromatic rings. The first kappa shape index (κ1) is 15.4. The molecule has 0 heterocycles. The standard InChI is InChI=1S/C8H10O2.2C2H6/c1-6-2-4-7(5-3-6)8(9)10;2*1-2/h2,4H,3,5H2,1H3,(H,9,10);2*1-2H3. The fourth-order valence-electron chi connectivity index (χ4n) is 0.920. The molecule has 0 fully saturated rings. The highest BCUT2D eigenvalue weighted by molar-refractivity contribution is 5.87. The zero-order chi connectivity index (χ0) is 11.6. The molecule has 1 N–H and O–H groups in total. The molecule has 0 saturated carbocycles. The van der Waals surface area contributed by atoms with Crippen molar-refractivity contribution in [3.05, 3.63) is 23.3 Å². The van der Waals surface area contributed by atoms with E-state index in [9.17, 15) is 4.79 Å². The summed E-state index contributed by atoms with van der Waals surface area (Å²) in [5, 5.41) is 8.53. The smallest absolute Gasteiger partial charge is 0.331 e. The molecule has 1 aliphatic rings. The molecular formula is C12H22O2. The Balaban J connectivity index is 0. The lowest BCUT2D eigenvalue weighted by Crippen LogP contribution is -2.02. The molecule has 0 aromatic carbocycles. The van der Waals surface area contributed by atoms with E-state index in [1.165, 1.54) is 5.57 Å². The third kappa shape index (κ3) is 6.46. The Kier molecular flexibility index (Phi) is 11.1. The van der Waals surface area contributed by atoms with Crippen molar-refractivity contribution in [2.45, 2.75) is 47.5 Å². The van der Waals surface area contributed by atoms with Gasteiger partial charge in [-0.05, 0) is 19.8 Å². The van der Waals surface area contributed by atoms with Crippen LogP contribution in [-0.2, 0) is 4.79 Å². The minimum atomic E-state index is -0.788. The van der Waals surface area contributed by atoms with Gasteiger partial charge < -0.3 is 5.11 Å². The number of allylic oxidation sites excluding steroid dienone is 3. The average Bonchev–Trinajstić information content (AvgIpc) is 2.24. The molecule has 0 aliphatic heterocycles. The van der Waals surface area contributed by atoms with Gasteiger partial charge in [-0.15, -0.1) is 0 Å². The molecule has 0 amide bonds. The molecule has 0 unspecified atom stereocenters. The number of carboxylic acid groups (broad SMARTS) is 1. The van der Waals surface area contributed by atoms with E-state index in [1.54, 1.807) is 6.08 Å². The van der Waals surface area contributed by atoms with Crippen LogP contribution in [0.3, 0.4) is 0 Å². The molecule has 2 nitrogen and oxygen atoms in total. The SMILES string of the molecule is CC.CC.CC1=CC=C(C(=O)O)CC1. The number of hydrogen-bond acceptors (Lipinski definition) is 1. The Hall–Kier alpha value is -1.05. The molecule has 1 aliphatic carbocycles. The van der Waals surface area contributed by atoms with Crippen molar-refractivity contribution in [3.63, 3.8) is 0 Å².